The Morgan fingerprint density at radius 1 is 0.519 bits per heavy atom. The average Bonchev–Trinajstić information content (AvgIpc) is 4.05. The Hall–Kier alpha value is -8.00. The molecule has 0 aliphatic carbocycles. The fourth-order valence-electron chi connectivity index (χ4n) is 9.84. The lowest BCUT2D eigenvalue weighted by Gasteiger charge is -2.33. The summed E-state index contributed by atoms with van der Waals surface area (Å²) in [5.74, 6) is 11.9. The molecule has 0 spiro atoms. The Morgan fingerprint density at radius 3 is 1.40 bits per heavy atom. The molecule has 6 heterocycles. The summed E-state index contributed by atoms with van der Waals surface area (Å²) in [6, 6.07) is 26.3. The predicted molar refractivity (Wildman–Crippen MR) is 299 cm³/mol. The lowest BCUT2D eigenvalue weighted by molar-refractivity contribution is -0.139. The van der Waals surface area contributed by atoms with Crippen LogP contribution in [-0.2, 0) is 43.7 Å². The van der Waals surface area contributed by atoms with E-state index in [1.165, 1.54) is 12.1 Å². The van der Waals surface area contributed by atoms with Gasteiger partial charge in [-0.05, 0) is 120 Å². The Labute approximate surface area is 467 Å². The number of alkyl halides is 6. The lowest BCUT2D eigenvalue weighted by atomic mass is 9.82. The first kappa shape index (κ1) is 57.7. The molecule has 418 valence electrons. The monoisotopic (exact) mass is 1100 g/mol. The van der Waals surface area contributed by atoms with Crippen LogP contribution in [0.3, 0.4) is 0 Å². The van der Waals surface area contributed by atoms with Crippen molar-refractivity contribution >= 4 is 22.9 Å². The van der Waals surface area contributed by atoms with Gasteiger partial charge in [0.05, 0.1) is 23.5 Å². The second-order valence-electron chi connectivity index (χ2n) is 21.8. The molecule has 4 aromatic heterocycles. The number of aryl methyl sites for hydroxylation is 1. The van der Waals surface area contributed by atoms with E-state index in [1.807, 2.05) is 49.0 Å². The summed E-state index contributed by atoms with van der Waals surface area (Å²) >= 11 is 0. The molecule has 2 saturated heterocycles. The number of piperazine rings is 2. The molecule has 0 saturated carbocycles. The van der Waals surface area contributed by atoms with Crippen LogP contribution in [0.2, 0.25) is 0 Å². The predicted octanol–water partition coefficient (Wildman–Crippen LogP) is 10.2. The first-order valence-corrected chi connectivity index (χ1v) is 26.7. The molecular formula is C63H62F6N10O2. The molecule has 0 unspecified atom stereocenters. The molecule has 2 aliphatic heterocycles. The summed E-state index contributed by atoms with van der Waals surface area (Å²) in [5, 5.41) is 8.54. The minimum absolute atomic E-state index is 0.134. The van der Waals surface area contributed by atoms with Gasteiger partial charge in [0.15, 0.2) is 22.9 Å². The minimum atomic E-state index is -4.51. The number of likely N-dealkylation sites (N-methyl/N-ethyl adjacent to an activating group) is 2. The van der Waals surface area contributed by atoms with E-state index in [1.54, 1.807) is 88.4 Å². The van der Waals surface area contributed by atoms with Crippen molar-refractivity contribution in [3.8, 4) is 23.7 Å². The summed E-state index contributed by atoms with van der Waals surface area (Å²) in [4.78, 5) is 43.5. The van der Waals surface area contributed by atoms with Crippen molar-refractivity contribution in [2.75, 3.05) is 66.5 Å². The Balaban J connectivity index is 0.000000196. The van der Waals surface area contributed by atoms with Crippen LogP contribution in [0.25, 0.3) is 11.3 Å². The SMILES string of the molecule is CN1CCN(Cc2ccc(CC(=O)c3ccc(C(C)(C)C)c(C#Cc4cnc5cccnn45)c3)cc2C(F)(F)F)CC1.Cc1ccc(C(=O)Cc2ccc(CN3CCN(C)CC3)c(C(F)(F)F)c2)cc1C#Cc1cnc2cccnn12. The number of Topliss-reactive ketones (excluding diaryl/α,β-unsaturated/α-hetero) is 2. The van der Waals surface area contributed by atoms with Gasteiger partial charge in [-0.1, -0.05) is 81.1 Å². The average molecular weight is 1110 g/mol. The highest BCUT2D eigenvalue weighted by Crippen LogP contribution is 2.36. The van der Waals surface area contributed by atoms with E-state index in [4.69, 9.17) is 0 Å². The van der Waals surface area contributed by atoms with Crippen LogP contribution in [0.4, 0.5) is 26.3 Å². The zero-order valence-electron chi connectivity index (χ0n) is 46.1. The zero-order valence-corrected chi connectivity index (χ0v) is 46.1. The molecule has 0 radical (unpaired) electrons. The number of rotatable bonds is 10. The molecule has 8 aromatic rings. The molecule has 12 nitrogen and oxygen atoms in total. The maximum Gasteiger partial charge on any atom is 0.416 e. The van der Waals surface area contributed by atoms with Crippen LogP contribution in [0, 0.1) is 30.6 Å². The highest BCUT2D eigenvalue weighted by atomic mass is 19.4. The number of imidazole rings is 2. The number of carbonyl (C=O) groups is 2. The van der Waals surface area contributed by atoms with Crippen molar-refractivity contribution in [1.82, 2.24) is 48.8 Å². The van der Waals surface area contributed by atoms with Crippen LogP contribution >= 0.6 is 0 Å². The van der Waals surface area contributed by atoms with Gasteiger partial charge in [0.1, 0.15) is 11.4 Å². The van der Waals surface area contributed by atoms with Gasteiger partial charge in [-0.3, -0.25) is 19.4 Å². The fraction of sp³-hybridized carbons (Fsp3) is 0.333. The summed E-state index contributed by atoms with van der Waals surface area (Å²) in [6.45, 7) is 14.7. The summed E-state index contributed by atoms with van der Waals surface area (Å²) < 4.78 is 87.4. The molecule has 10 rings (SSSR count). The first-order chi connectivity index (χ1) is 38.5. The number of halogens is 6. The minimum Gasteiger partial charge on any atom is -0.304 e. The Kier molecular flexibility index (Phi) is 17.4. The van der Waals surface area contributed by atoms with Crippen molar-refractivity contribution in [3.05, 3.63) is 200 Å². The standard InChI is InChI=1S/C33H34F3N5O.C30H28F3N5O/c1-32(2,3)28-12-10-25(20-24(28)9-11-27-21-37-31-6-5-13-38-41(27)31)30(42)19-23-7-8-26(29(18-23)33(34,35)36)22-40-16-14-39(4)15-17-40;1-21-5-7-24(18-23(21)9-10-26-19-34-29-4-3-11-35-38(26)29)28(39)17-22-6-8-25(27(16-22)30(31,32)33)20-37-14-12-36(2)13-15-37/h5-8,10,12-13,18,20-21H,14-17,19,22H2,1-4H3;3-8,11,16,18-19H,12-15,17,20H2,1-2H3. The van der Waals surface area contributed by atoms with E-state index in [9.17, 15) is 35.9 Å². The third-order valence-corrected chi connectivity index (χ3v) is 14.6. The quantitative estimate of drug-likeness (QED) is 0.0747. The summed E-state index contributed by atoms with van der Waals surface area (Å²) in [7, 11) is 4.02. The van der Waals surface area contributed by atoms with Crippen molar-refractivity contribution < 1.29 is 35.9 Å². The van der Waals surface area contributed by atoms with Crippen LogP contribution in [0.1, 0.15) is 109 Å². The Bertz CT molecular complexity index is 3720. The van der Waals surface area contributed by atoms with Crippen LogP contribution < -0.4 is 0 Å². The molecule has 2 fully saturated rings. The number of hydrogen-bond acceptors (Lipinski definition) is 10. The number of nitrogens with zero attached hydrogens (tertiary/aromatic N) is 10. The maximum atomic E-state index is 14.1. The third-order valence-electron chi connectivity index (χ3n) is 14.6. The molecule has 0 N–H and O–H groups in total. The van der Waals surface area contributed by atoms with Crippen molar-refractivity contribution in [2.24, 2.45) is 0 Å². The van der Waals surface area contributed by atoms with Crippen LogP contribution in [-0.4, -0.2) is 127 Å². The van der Waals surface area contributed by atoms with E-state index < -0.39 is 23.5 Å². The number of carbonyl (C=O) groups excluding carboxylic acids is 2. The molecule has 0 bridgehead atoms. The molecule has 2 aliphatic rings. The number of ketones is 2. The zero-order chi connectivity index (χ0) is 57.6. The smallest absolute Gasteiger partial charge is 0.304 e. The van der Waals surface area contributed by atoms with E-state index in [0.717, 1.165) is 75.6 Å². The molecule has 0 atom stereocenters. The Morgan fingerprint density at radius 2 is 0.951 bits per heavy atom. The number of fused-ring (bicyclic) bond motifs is 2. The molecule has 0 amide bonds. The van der Waals surface area contributed by atoms with Crippen molar-refractivity contribution in [3.63, 3.8) is 0 Å². The van der Waals surface area contributed by atoms with Gasteiger partial charge in [0, 0.05) is 113 Å². The fourth-order valence-corrected chi connectivity index (χ4v) is 9.84. The summed E-state index contributed by atoms with van der Waals surface area (Å²) in [5.41, 5.74) is 6.08. The number of benzene rings is 4. The van der Waals surface area contributed by atoms with E-state index in [-0.39, 0.29) is 54.0 Å². The van der Waals surface area contributed by atoms with Gasteiger partial charge in [0.2, 0.25) is 0 Å². The second kappa shape index (κ2) is 24.4. The van der Waals surface area contributed by atoms with E-state index in [0.29, 0.717) is 56.1 Å². The highest BCUT2D eigenvalue weighted by molar-refractivity contribution is 5.98. The first-order valence-electron chi connectivity index (χ1n) is 26.7. The second-order valence-corrected chi connectivity index (χ2v) is 21.8. The largest absolute Gasteiger partial charge is 0.416 e. The normalized spacial score (nSPS) is 14.9. The summed E-state index contributed by atoms with van der Waals surface area (Å²) in [6.07, 6.45) is -2.71. The van der Waals surface area contributed by atoms with Gasteiger partial charge in [0.25, 0.3) is 0 Å². The number of aromatic nitrogens is 6. The number of hydrogen-bond donors (Lipinski definition) is 0. The molecule has 81 heavy (non-hydrogen) atoms. The van der Waals surface area contributed by atoms with Gasteiger partial charge < -0.3 is 9.80 Å². The van der Waals surface area contributed by atoms with Gasteiger partial charge >= 0.3 is 12.4 Å². The van der Waals surface area contributed by atoms with E-state index >= 15 is 0 Å². The third kappa shape index (κ3) is 14.5. The lowest BCUT2D eigenvalue weighted by Crippen LogP contribution is -2.44. The van der Waals surface area contributed by atoms with Crippen LogP contribution in [0.5, 0.6) is 0 Å². The van der Waals surface area contributed by atoms with Gasteiger partial charge in [-0.25, -0.2) is 19.0 Å². The van der Waals surface area contributed by atoms with Crippen molar-refractivity contribution in [1.29, 1.82) is 0 Å². The van der Waals surface area contributed by atoms with Gasteiger partial charge in [-0.2, -0.15) is 36.5 Å². The molecule has 18 heteroatoms. The van der Waals surface area contributed by atoms with Crippen LogP contribution in [0.15, 0.2) is 122 Å². The molecular weight excluding hydrogens is 1040 g/mol. The van der Waals surface area contributed by atoms with Crippen molar-refractivity contribution in [2.45, 2.75) is 71.4 Å². The van der Waals surface area contributed by atoms with Gasteiger partial charge in [-0.15, -0.1) is 0 Å². The van der Waals surface area contributed by atoms with E-state index in [2.05, 4.69) is 74.4 Å². The maximum absolute atomic E-state index is 14.1. The molecule has 4 aromatic carbocycles. The highest BCUT2D eigenvalue weighted by Gasteiger charge is 2.36. The topological polar surface area (TPSA) is 107 Å².